The Kier molecular flexibility index (Phi) is 3.69. The summed E-state index contributed by atoms with van der Waals surface area (Å²) in [6.45, 7) is 2.05. The Balaban J connectivity index is 1.86. The number of nitrogens with zero attached hydrogens (tertiary/aromatic N) is 2. The first-order chi connectivity index (χ1) is 7.40. The van der Waals surface area contributed by atoms with Gasteiger partial charge in [-0.15, -0.1) is 0 Å². The van der Waals surface area contributed by atoms with E-state index in [0.29, 0.717) is 0 Å². The van der Waals surface area contributed by atoms with Gasteiger partial charge in [-0.05, 0) is 39.4 Å². The van der Waals surface area contributed by atoms with Crippen LogP contribution in [0.3, 0.4) is 0 Å². The molecule has 0 aromatic carbocycles. The van der Waals surface area contributed by atoms with Gasteiger partial charge in [0.25, 0.3) is 0 Å². The molecule has 1 atom stereocenters. The second-order valence-corrected chi connectivity index (χ2v) is 3.90. The predicted octanol–water partition coefficient (Wildman–Crippen LogP) is 0.646. The van der Waals surface area contributed by atoms with Gasteiger partial charge in [0.2, 0.25) is 5.89 Å². The summed E-state index contributed by atoms with van der Waals surface area (Å²) in [6, 6.07) is 0.288. The van der Waals surface area contributed by atoms with Crippen LogP contribution in [0.4, 0.5) is 0 Å². The lowest BCUT2D eigenvalue weighted by Gasteiger charge is -2.01. The standard InChI is InChI=1S/C10H18N4O/c1-11-6-3-5-9-13-10(15-14-9)8-4-2-7-12-8/h8,11-12H,2-7H2,1H3. The third kappa shape index (κ3) is 2.76. The summed E-state index contributed by atoms with van der Waals surface area (Å²) in [7, 11) is 1.95. The van der Waals surface area contributed by atoms with Gasteiger partial charge in [0.1, 0.15) is 0 Å². The molecule has 1 fully saturated rings. The van der Waals surface area contributed by atoms with Gasteiger partial charge in [-0.1, -0.05) is 5.16 Å². The fraction of sp³-hybridized carbons (Fsp3) is 0.800. The molecule has 15 heavy (non-hydrogen) atoms. The molecular formula is C10H18N4O. The van der Waals surface area contributed by atoms with Gasteiger partial charge in [0.15, 0.2) is 5.82 Å². The van der Waals surface area contributed by atoms with Gasteiger partial charge in [-0.2, -0.15) is 4.98 Å². The molecular weight excluding hydrogens is 192 g/mol. The number of aromatic nitrogens is 2. The Labute approximate surface area is 89.6 Å². The lowest BCUT2D eigenvalue weighted by atomic mass is 10.2. The zero-order valence-electron chi connectivity index (χ0n) is 9.12. The van der Waals surface area contributed by atoms with E-state index < -0.39 is 0 Å². The van der Waals surface area contributed by atoms with Crippen molar-refractivity contribution in [3.05, 3.63) is 11.7 Å². The Morgan fingerprint density at radius 2 is 2.53 bits per heavy atom. The van der Waals surface area contributed by atoms with Crippen LogP contribution in [-0.2, 0) is 6.42 Å². The van der Waals surface area contributed by atoms with Crippen LogP contribution < -0.4 is 10.6 Å². The van der Waals surface area contributed by atoms with Crippen molar-refractivity contribution in [3.63, 3.8) is 0 Å². The molecule has 0 aliphatic carbocycles. The largest absolute Gasteiger partial charge is 0.338 e. The molecule has 1 saturated heterocycles. The molecule has 0 radical (unpaired) electrons. The minimum atomic E-state index is 0.288. The quantitative estimate of drug-likeness (QED) is 0.698. The van der Waals surface area contributed by atoms with Crippen molar-refractivity contribution in [2.24, 2.45) is 0 Å². The Hall–Kier alpha value is -0.940. The first-order valence-corrected chi connectivity index (χ1v) is 5.60. The minimum Gasteiger partial charge on any atom is -0.338 e. The van der Waals surface area contributed by atoms with Crippen molar-refractivity contribution in [2.45, 2.75) is 31.7 Å². The van der Waals surface area contributed by atoms with E-state index >= 15 is 0 Å². The third-order valence-corrected chi connectivity index (χ3v) is 2.67. The van der Waals surface area contributed by atoms with E-state index in [2.05, 4.69) is 20.8 Å². The summed E-state index contributed by atoms with van der Waals surface area (Å²) >= 11 is 0. The molecule has 1 aromatic rings. The predicted molar refractivity (Wildman–Crippen MR) is 56.5 cm³/mol. The first-order valence-electron chi connectivity index (χ1n) is 5.60. The van der Waals surface area contributed by atoms with Gasteiger partial charge >= 0.3 is 0 Å². The molecule has 0 saturated carbocycles. The molecule has 2 N–H and O–H groups in total. The van der Waals surface area contributed by atoms with Crippen LogP contribution in [-0.4, -0.2) is 30.3 Å². The normalized spacial score (nSPS) is 21.0. The van der Waals surface area contributed by atoms with Gasteiger partial charge in [-0.25, -0.2) is 0 Å². The maximum atomic E-state index is 5.24. The SMILES string of the molecule is CNCCCc1noc(C2CCCN2)n1. The molecule has 1 aromatic heterocycles. The zero-order chi connectivity index (χ0) is 10.5. The molecule has 5 nitrogen and oxygen atoms in total. The number of aryl methyl sites for hydroxylation is 1. The van der Waals surface area contributed by atoms with Crippen LogP contribution in [0.15, 0.2) is 4.52 Å². The van der Waals surface area contributed by atoms with Crippen LogP contribution in [0.1, 0.15) is 37.0 Å². The minimum absolute atomic E-state index is 0.288. The zero-order valence-corrected chi connectivity index (χ0v) is 9.12. The molecule has 5 heteroatoms. The van der Waals surface area contributed by atoms with E-state index in [-0.39, 0.29) is 6.04 Å². The van der Waals surface area contributed by atoms with Gasteiger partial charge in [0.05, 0.1) is 6.04 Å². The van der Waals surface area contributed by atoms with Gasteiger partial charge in [-0.3, -0.25) is 0 Å². The molecule has 2 rings (SSSR count). The average molecular weight is 210 g/mol. The summed E-state index contributed by atoms with van der Waals surface area (Å²) in [5, 5.41) is 10.4. The van der Waals surface area contributed by atoms with Crippen molar-refractivity contribution < 1.29 is 4.52 Å². The highest BCUT2D eigenvalue weighted by molar-refractivity contribution is 4.95. The van der Waals surface area contributed by atoms with E-state index in [1.807, 2.05) is 7.05 Å². The lowest BCUT2D eigenvalue weighted by Crippen LogP contribution is -2.13. The fourth-order valence-electron chi connectivity index (χ4n) is 1.83. The highest BCUT2D eigenvalue weighted by Gasteiger charge is 2.21. The van der Waals surface area contributed by atoms with E-state index in [0.717, 1.165) is 44.1 Å². The van der Waals surface area contributed by atoms with E-state index in [4.69, 9.17) is 4.52 Å². The number of hydrogen-bond donors (Lipinski definition) is 2. The third-order valence-electron chi connectivity index (χ3n) is 2.67. The summed E-state index contributed by atoms with van der Waals surface area (Å²) < 4.78 is 5.24. The molecule has 0 spiro atoms. The number of nitrogens with one attached hydrogen (secondary N) is 2. The average Bonchev–Trinajstić information content (AvgIpc) is 2.87. The molecule has 1 aliphatic heterocycles. The monoisotopic (exact) mass is 210 g/mol. The highest BCUT2D eigenvalue weighted by Crippen LogP contribution is 2.21. The maximum Gasteiger partial charge on any atom is 0.243 e. The molecule has 0 bridgehead atoms. The highest BCUT2D eigenvalue weighted by atomic mass is 16.5. The van der Waals surface area contributed by atoms with Crippen LogP contribution in [0.5, 0.6) is 0 Å². The van der Waals surface area contributed by atoms with E-state index in [9.17, 15) is 0 Å². The molecule has 0 amide bonds. The van der Waals surface area contributed by atoms with Crippen molar-refractivity contribution >= 4 is 0 Å². The summed E-state index contributed by atoms with van der Waals surface area (Å²) in [6.07, 6.45) is 4.24. The summed E-state index contributed by atoms with van der Waals surface area (Å²) in [5.74, 6) is 1.58. The molecule has 1 aliphatic rings. The topological polar surface area (TPSA) is 63.0 Å². The van der Waals surface area contributed by atoms with Crippen LogP contribution in [0.2, 0.25) is 0 Å². The van der Waals surface area contributed by atoms with Gasteiger partial charge < -0.3 is 15.2 Å². The van der Waals surface area contributed by atoms with E-state index in [1.165, 1.54) is 6.42 Å². The smallest absolute Gasteiger partial charge is 0.243 e. The van der Waals surface area contributed by atoms with Crippen LogP contribution >= 0.6 is 0 Å². The maximum absolute atomic E-state index is 5.24. The van der Waals surface area contributed by atoms with E-state index in [1.54, 1.807) is 0 Å². The van der Waals surface area contributed by atoms with Gasteiger partial charge in [0, 0.05) is 6.42 Å². The van der Waals surface area contributed by atoms with Crippen molar-refractivity contribution in [2.75, 3.05) is 20.1 Å². The van der Waals surface area contributed by atoms with Crippen molar-refractivity contribution in [1.29, 1.82) is 0 Å². The van der Waals surface area contributed by atoms with Crippen LogP contribution in [0, 0.1) is 0 Å². The first kappa shape index (κ1) is 10.6. The fourth-order valence-corrected chi connectivity index (χ4v) is 1.83. The number of rotatable bonds is 5. The number of hydrogen-bond acceptors (Lipinski definition) is 5. The Morgan fingerprint density at radius 3 is 3.27 bits per heavy atom. The molecule has 84 valence electrons. The van der Waals surface area contributed by atoms with Crippen LogP contribution in [0.25, 0.3) is 0 Å². The lowest BCUT2D eigenvalue weighted by molar-refractivity contribution is 0.341. The van der Waals surface area contributed by atoms with Crippen molar-refractivity contribution in [1.82, 2.24) is 20.8 Å². The van der Waals surface area contributed by atoms with Crippen molar-refractivity contribution in [3.8, 4) is 0 Å². The summed E-state index contributed by atoms with van der Waals surface area (Å²) in [4.78, 5) is 4.40. The molecule has 2 heterocycles. The Bertz CT molecular complexity index is 293. The summed E-state index contributed by atoms with van der Waals surface area (Å²) in [5.41, 5.74) is 0. The second-order valence-electron chi connectivity index (χ2n) is 3.90. The Morgan fingerprint density at radius 1 is 1.60 bits per heavy atom. The molecule has 1 unspecified atom stereocenters. The second kappa shape index (κ2) is 5.23.